The molecule has 1 saturated heterocycles. The van der Waals surface area contributed by atoms with Crippen LogP contribution < -0.4 is 0 Å². The van der Waals surface area contributed by atoms with E-state index in [0.29, 0.717) is 0 Å². The number of carboxylic acids is 1. The molecule has 6 heteroatoms. The summed E-state index contributed by atoms with van der Waals surface area (Å²) in [6.45, 7) is 6.43. The number of likely N-dealkylation sites (tertiary alicyclic amines) is 1. The van der Waals surface area contributed by atoms with Gasteiger partial charge in [0.2, 0.25) is 0 Å². The van der Waals surface area contributed by atoms with Crippen molar-refractivity contribution in [2.24, 2.45) is 5.41 Å². The van der Waals surface area contributed by atoms with E-state index in [1.54, 1.807) is 20.8 Å². The van der Waals surface area contributed by atoms with Gasteiger partial charge in [-0.25, -0.2) is 9.59 Å². The lowest BCUT2D eigenvalue weighted by molar-refractivity contribution is -0.148. The van der Waals surface area contributed by atoms with Crippen molar-refractivity contribution in [2.75, 3.05) is 0 Å². The van der Waals surface area contributed by atoms with E-state index in [4.69, 9.17) is 10.2 Å². The highest BCUT2D eigenvalue weighted by atomic mass is 16.4. The minimum Gasteiger partial charge on any atom is -0.479 e. The molecule has 1 heterocycles. The Morgan fingerprint density at radius 3 is 2.12 bits per heavy atom. The molecule has 2 atom stereocenters. The Hall–Kier alpha value is -1.59. The van der Waals surface area contributed by atoms with Crippen LogP contribution in [0.1, 0.15) is 34.1 Å². The van der Waals surface area contributed by atoms with Crippen molar-refractivity contribution < 1.29 is 24.6 Å². The van der Waals surface area contributed by atoms with Gasteiger partial charge in [0.15, 0.2) is 5.78 Å². The summed E-state index contributed by atoms with van der Waals surface area (Å²) in [5, 5.41) is 18.3. The van der Waals surface area contributed by atoms with E-state index in [0.717, 1.165) is 4.90 Å². The number of nitrogens with zero attached hydrogens (tertiary/aromatic N) is 1. The first-order chi connectivity index (χ1) is 7.51. The SMILES string of the molecule is CC(C)(C)C1C(=O)CC(C)(C(=O)O)N1C(=O)O. The molecule has 2 N–H and O–H groups in total. The zero-order valence-corrected chi connectivity index (χ0v) is 10.4. The molecule has 0 radical (unpaired) electrons. The third-order valence-corrected chi connectivity index (χ3v) is 3.10. The van der Waals surface area contributed by atoms with Crippen molar-refractivity contribution in [2.45, 2.75) is 45.7 Å². The van der Waals surface area contributed by atoms with Gasteiger partial charge in [-0.15, -0.1) is 0 Å². The first-order valence-corrected chi connectivity index (χ1v) is 5.30. The molecule has 1 fully saturated rings. The lowest BCUT2D eigenvalue weighted by atomic mass is 9.85. The van der Waals surface area contributed by atoms with Crippen LogP contribution in [0.15, 0.2) is 0 Å². The van der Waals surface area contributed by atoms with Crippen LogP contribution in [0.2, 0.25) is 0 Å². The summed E-state index contributed by atoms with van der Waals surface area (Å²) in [6.07, 6.45) is -1.66. The number of rotatable bonds is 1. The maximum atomic E-state index is 11.9. The number of Topliss-reactive ketones (excluding diaryl/α,β-unsaturated/α-hetero) is 1. The maximum absolute atomic E-state index is 11.9. The minimum absolute atomic E-state index is 0.281. The van der Waals surface area contributed by atoms with E-state index in [-0.39, 0.29) is 12.2 Å². The van der Waals surface area contributed by atoms with Gasteiger partial charge < -0.3 is 10.2 Å². The molecular formula is C11H17NO5. The highest BCUT2D eigenvalue weighted by Crippen LogP contribution is 2.39. The van der Waals surface area contributed by atoms with Gasteiger partial charge in [0, 0.05) is 6.42 Å². The number of hydrogen-bond acceptors (Lipinski definition) is 3. The van der Waals surface area contributed by atoms with E-state index < -0.39 is 29.1 Å². The summed E-state index contributed by atoms with van der Waals surface area (Å²) >= 11 is 0. The summed E-state index contributed by atoms with van der Waals surface area (Å²) < 4.78 is 0. The summed E-state index contributed by atoms with van der Waals surface area (Å²) in [4.78, 5) is 35.1. The summed E-state index contributed by atoms with van der Waals surface area (Å²) in [7, 11) is 0. The van der Waals surface area contributed by atoms with Gasteiger partial charge in [-0.05, 0) is 12.3 Å². The molecule has 0 saturated carbocycles. The predicted octanol–water partition coefficient (Wildman–Crippen LogP) is 1.20. The highest BCUT2D eigenvalue weighted by molar-refractivity contribution is 6.00. The molecule has 1 rings (SSSR count). The molecule has 6 nitrogen and oxygen atoms in total. The first-order valence-electron chi connectivity index (χ1n) is 5.30. The van der Waals surface area contributed by atoms with E-state index in [1.807, 2.05) is 0 Å². The number of aliphatic carboxylic acids is 1. The van der Waals surface area contributed by atoms with Crippen LogP contribution in [0.5, 0.6) is 0 Å². The number of carboxylic acid groups (broad SMARTS) is 2. The lowest BCUT2D eigenvalue weighted by Gasteiger charge is -2.37. The van der Waals surface area contributed by atoms with Crippen LogP contribution >= 0.6 is 0 Å². The Balaban J connectivity index is 3.31. The van der Waals surface area contributed by atoms with Crippen molar-refractivity contribution in [3.05, 3.63) is 0 Å². The fourth-order valence-electron chi connectivity index (χ4n) is 2.32. The largest absolute Gasteiger partial charge is 0.479 e. The van der Waals surface area contributed by atoms with Gasteiger partial charge >= 0.3 is 12.1 Å². The van der Waals surface area contributed by atoms with Crippen LogP contribution in [-0.4, -0.2) is 44.5 Å². The molecule has 2 unspecified atom stereocenters. The van der Waals surface area contributed by atoms with Crippen molar-refractivity contribution in [1.29, 1.82) is 0 Å². The summed E-state index contributed by atoms with van der Waals surface area (Å²) in [5.41, 5.74) is -2.29. The molecule has 0 bridgehead atoms. The van der Waals surface area contributed by atoms with Crippen molar-refractivity contribution in [1.82, 2.24) is 4.90 Å². The van der Waals surface area contributed by atoms with Gasteiger partial charge in [-0.2, -0.15) is 0 Å². The Morgan fingerprint density at radius 1 is 1.35 bits per heavy atom. The molecule has 0 spiro atoms. The fraction of sp³-hybridized carbons (Fsp3) is 0.727. The smallest absolute Gasteiger partial charge is 0.408 e. The van der Waals surface area contributed by atoms with E-state index >= 15 is 0 Å². The molecule has 1 aliphatic rings. The van der Waals surface area contributed by atoms with Crippen molar-refractivity contribution in [3.8, 4) is 0 Å². The van der Waals surface area contributed by atoms with Gasteiger partial charge in [-0.1, -0.05) is 20.8 Å². The van der Waals surface area contributed by atoms with Crippen LogP contribution in [0.25, 0.3) is 0 Å². The van der Waals surface area contributed by atoms with E-state index in [1.165, 1.54) is 6.92 Å². The predicted molar refractivity (Wildman–Crippen MR) is 58.8 cm³/mol. The van der Waals surface area contributed by atoms with E-state index in [2.05, 4.69) is 0 Å². The normalized spacial score (nSPS) is 29.5. The number of carbonyl (C=O) groups is 3. The zero-order chi connectivity index (χ0) is 13.6. The van der Waals surface area contributed by atoms with Crippen LogP contribution in [0, 0.1) is 5.41 Å². The average Bonchev–Trinajstić information content (AvgIpc) is 2.37. The molecule has 0 aromatic carbocycles. The Kier molecular flexibility index (Phi) is 2.94. The molecule has 1 amide bonds. The van der Waals surface area contributed by atoms with Crippen LogP contribution in [-0.2, 0) is 9.59 Å². The number of carbonyl (C=O) groups excluding carboxylic acids is 1. The number of amides is 1. The monoisotopic (exact) mass is 243 g/mol. The van der Waals surface area contributed by atoms with Crippen molar-refractivity contribution in [3.63, 3.8) is 0 Å². The number of ketones is 1. The third kappa shape index (κ3) is 1.99. The fourth-order valence-corrected chi connectivity index (χ4v) is 2.32. The van der Waals surface area contributed by atoms with Gasteiger partial charge in [0.05, 0.1) is 6.04 Å². The lowest BCUT2D eigenvalue weighted by Crippen LogP contribution is -2.56. The standard InChI is InChI=1S/C11H17NO5/c1-10(2,3)7-6(13)5-11(4,8(14)15)12(7)9(16)17/h7H,5H2,1-4H3,(H,14,15)(H,16,17). The highest BCUT2D eigenvalue weighted by Gasteiger charge is 2.58. The minimum atomic E-state index is -1.67. The Labute approximate surface area is 99.2 Å². The van der Waals surface area contributed by atoms with Crippen molar-refractivity contribution >= 4 is 17.8 Å². The second-order valence-corrected chi connectivity index (χ2v) is 5.64. The third-order valence-electron chi connectivity index (χ3n) is 3.10. The summed E-state index contributed by atoms with van der Waals surface area (Å²) in [5.74, 6) is -1.63. The average molecular weight is 243 g/mol. The second kappa shape index (κ2) is 3.72. The maximum Gasteiger partial charge on any atom is 0.408 e. The topological polar surface area (TPSA) is 94.9 Å². The molecule has 0 aromatic rings. The molecule has 1 aliphatic heterocycles. The van der Waals surface area contributed by atoms with E-state index in [9.17, 15) is 14.4 Å². The molecular weight excluding hydrogens is 226 g/mol. The molecule has 17 heavy (non-hydrogen) atoms. The summed E-state index contributed by atoms with van der Waals surface area (Å²) in [6, 6.07) is -0.916. The first kappa shape index (κ1) is 13.5. The molecule has 0 aromatic heterocycles. The quantitative estimate of drug-likeness (QED) is 0.721. The molecule has 0 aliphatic carbocycles. The zero-order valence-electron chi connectivity index (χ0n) is 10.4. The van der Waals surface area contributed by atoms with Crippen LogP contribution in [0.3, 0.4) is 0 Å². The Bertz CT molecular complexity index is 384. The van der Waals surface area contributed by atoms with Crippen LogP contribution in [0.4, 0.5) is 4.79 Å². The number of hydrogen-bond donors (Lipinski definition) is 2. The molecule has 96 valence electrons. The van der Waals surface area contributed by atoms with Gasteiger partial charge in [-0.3, -0.25) is 9.69 Å². The van der Waals surface area contributed by atoms with Gasteiger partial charge in [0.25, 0.3) is 0 Å². The Morgan fingerprint density at radius 2 is 1.82 bits per heavy atom. The van der Waals surface area contributed by atoms with Gasteiger partial charge in [0.1, 0.15) is 5.54 Å². The second-order valence-electron chi connectivity index (χ2n) is 5.64.